The zero-order valence-corrected chi connectivity index (χ0v) is 7.35. The minimum Gasteiger partial charge on any atom is -0.309 e. The van der Waals surface area contributed by atoms with E-state index in [0.29, 0.717) is 12.2 Å². The lowest BCUT2D eigenvalue weighted by atomic mass is 10.1. The first-order valence-corrected chi connectivity index (χ1v) is 3.71. The molecule has 0 aromatic heterocycles. The number of rotatable bonds is 4. The first-order chi connectivity index (χ1) is 4.54. The number of hydrogen-bond donors (Lipinski definition) is 0. The Morgan fingerprint density at radius 1 is 1.40 bits per heavy atom. The first-order valence-electron chi connectivity index (χ1n) is 3.71. The second-order valence-electron chi connectivity index (χ2n) is 3.17. The molecule has 0 amide bonds. The molecule has 0 aromatic rings. The highest BCUT2D eigenvalue weighted by molar-refractivity contribution is 5.80. The summed E-state index contributed by atoms with van der Waals surface area (Å²) >= 11 is 0. The summed E-state index contributed by atoms with van der Waals surface area (Å²) in [5.41, 5.74) is 0. The Balaban J connectivity index is 3.40. The Kier molecular flexibility index (Phi) is 4.28. The summed E-state index contributed by atoms with van der Waals surface area (Å²) < 4.78 is 0. The summed E-state index contributed by atoms with van der Waals surface area (Å²) in [6.07, 6.45) is 0.685. The van der Waals surface area contributed by atoms with E-state index in [4.69, 9.17) is 0 Å². The van der Waals surface area contributed by atoms with Crippen LogP contribution >= 0.6 is 0 Å². The first kappa shape index (κ1) is 9.63. The van der Waals surface area contributed by atoms with Gasteiger partial charge in [-0.15, -0.1) is 0 Å². The highest BCUT2D eigenvalue weighted by atomic mass is 16.1. The zero-order valence-electron chi connectivity index (χ0n) is 7.35. The smallest absolute Gasteiger partial charge is 0.136 e. The van der Waals surface area contributed by atoms with Crippen LogP contribution in [0, 0.1) is 5.92 Å². The number of nitrogens with zero attached hydrogens (tertiary/aromatic N) is 1. The molecule has 0 atom stereocenters. The van der Waals surface area contributed by atoms with Crippen molar-refractivity contribution in [1.82, 2.24) is 4.90 Å². The fourth-order valence-electron chi connectivity index (χ4n) is 0.622. The van der Waals surface area contributed by atoms with Crippen molar-refractivity contribution in [2.45, 2.75) is 20.3 Å². The lowest BCUT2D eigenvalue weighted by Crippen LogP contribution is -2.18. The highest BCUT2D eigenvalue weighted by Gasteiger charge is 2.06. The maximum atomic E-state index is 11.0. The zero-order chi connectivity index (χ0) is 8.15. The molecule has 0 aliphatic heterocycles. The quantitative estimate of drug-likeness (QED) is 0.588. The lowest BCUT2D eigenvalue weighted by Gasteiger charge is -2.09. The number of carbonyl (C=O) groups excluding carboxylic acids is 1. The Morgan fingerprint density at radius 3 is 2.20 bits per heavy atom. The van der Waals surface area contributed by atoms with E-state index in [0.717, 1.165) is 6.54 Å². The Labute approximate surface area is 63.2 Å². The minimum absolute atomic E-state index is 0.194. The van der Waals surface area contributed by atoms with Crippen molar-refractivity contribution in [3.63, 3.8) is 0 Å². The fourth-order valence-corrected chi connectivity index (χ4v) is 0.622. The molecule has 0 saturated carbocycles. The van der Waals surface area contributed by atoms with Gasteiger partial charge in [-0.25, -0.2) is 0 Å². The lowest BCUT2D eigenvalue weighted by molar-refractivity contribution is -0.122. The van der Waals surface area contributed by atoms with Crippen molar-refractivity contribution in [2.24, 2.45) is 5.92 Å². The van der Waals surface area contributed by atoms with E-state index in [1.807, 2.05) is 32.8 Å². The molecule has 2 heteroatoms. The van der Waals surface area contributed by atoms with Crippen LogP contribution in [0.1, 0.15) is 20.3 Å². The van der Waals surface area contributed by atoms with Gasteiger partial charge in [0.25, 0.3) is 0 Å². The number of hydrogen-bond acceptors (Lipinski definition) is 2. The number of ketones is 1. The van der Waals surface area contributed by atoms with Crippen LogP contribution in [-0.4, -0.2) is 31.3 Å². The number of Topliss-reactive ketones (excluding diaryl/α,β-unsaturated/α-hetero) is 1. The summed E-state index contributed by atoms with van der Waals surface area (Å²) in [6, 6.07) is 0. The number of carbonyl (C=O) groups is 1. The molecule has 0 N–H and O–H groups in total. The molecule has 0 aromatic carbocycles. The van der Waals surface area contributed by atoms with Crippen molar-refractivity contribution >= 4 is 5.78 Å². The van der Waals surface area contributed by atoms with Crippen molar-refractivity contribution < 1.29 is 4.79 Å². The Bertz CT molecular complexity index is 108. The van der Waals surface area contributed by atoms with E-state index in [-0.39, 0.29) is 5.92 Å². The maximum absolute atomic E-state index is 11.0. The molecular weight excluding hydrogens is 126 g/mol. The van der Waals surface area contributed by atoms with E-state index >= 15 is 0 Å². The standard InChI is InChI=1S/C8H17NO/c1-7(2)8(10)5-6-9(3)4/h7H,5-6H2,1-4H3. The Hall–Kier alpha value is -0.370. The molecular formula is C8H17NO. The van der Waals surface area contributed by atoms with Gasteiger partial charge in [-0.2, -0.15) is 0 Å². The highest BCUT2D eigenvalue weighted by Crippen LogP contribution is 1.98. The van der Waals surface area contributed by atoms with Crippen LogP contribution in [0.4, 0.5) is 0 Å². The summed E-state index contributed by atoms with van der Waals surface area (Å²) in [6.45, 7) is 4.76. The van der Waals surface area contributed by atoms with Crippen LogP contribution in [0.25, 0.3) is 0 Å². The average Bonchev–Trinajstić information content (AvgIpc) is 1.82. The topological polar surface area (TPSA) is 20.3 Å². The van der Waals surface area contributed by atoms with E-state index in [1.54, 1.807) is 0 Å². The van der Waals surface area contributed by atoms with Gasteiger partial charge < -0.3 is 4.90 Å². The van der Waals surface area contributed by atoms with Gasteiger partial charge in [0.15, 0.2) is 0 Å². The molecule has 0 radical (unpaired) electrons. The Morgan fingerprint density at radius 2 is 1.90 bits per heavy atom. The van der Waals surface area contributed by atoms with Crippen LogP contribution in [0.15, 0.2) is 0 Å². The van der Waals surface area contributed by atoms with E-state index < -0.39 is 0 Å². The van der Waals surface area contributed by atoms with Crippen molar-refractivity contribution in [3.8, 4) is 0 Å². The molecule has 0 fully saturated rings. The third-order valence-corrected chi connectivity index (χ3v) is 1.45. The van der Waals surface area contributed by atoms with Crippen LogP contribution in [-0.2, 0) is 4.79 Å². The minimum atomic E-state index is 0.194. The van der Waals surface area contributed by atoms with E-state index in [9.17, 15) is 4.79 Å². The summed E-state index contributed by atoms with van der Waals surface area (Å²) in [4.78, 5) is 13.0. The third kappa shape index (κ3) is 4.50. The second kappa shape index (κ2) is 4.45. The van der Waals surface area contributed by atoms with Gasteiger partial charge in [0, 0.05) is 18.9 Å². The molecule has 0 spiro atoms. The normalized spacial score (nSPS) is 11.0. The van der Waals surface area contributed by atoms with Crippen molar-refractivity contribution in [3.05, 3.63) is 0 Å². The second-order valence-corrected chi connectivity index (χ2v) is 3.17. The summed E-state index contributed by atoms with van der Waals surface area (Å²) in [7, 11) is 3.96. The summed E-state index contributed by atoms with van der Waals surface area (Å²) in [5.74, 6) is 0.550. The van der Waals surface area contributed by atoms with Crippen LogP contribution in [0.3, 0.4) is 0 Å². The van der Waals surface area contributed by atoms with Gasteiger partial charge in [0.1, 0.15) is 5.78 Å². The molecule has 0 heterocycles. The maximum Gasteiger partial charge on any atom is 0.136 e. The monoisotopic (exact) mass is 143 g/mol. The molecule has 0 unspecified atom stereocenters. The molecule has 0 rings (SSSR count). The van der Waals surface area contributed by atoms with Gasteiger partial charge in [0.2, 0.25) is 0 Å². The molecule has 0 aliphatic carbocycles. The van der Waals surface area contributed by atoms with Gasteiger partial charge >= 0.3 is 0 Å². The summed E-state index contributed by atoms with van der Waals surface area (Å²) in [5, 5.41) is 0. The average molecular weight is 143 g/mol. The predicted octanol–water partition coefficient (Wildman–Crippen LogP) is 1.16. The van der Waals surface area contributed by atoms with Crippen LogP contribution < -0.4 is 0 Å². The molecule has 2 nitrogen and oxygen atoms in total. The van der Waals surface area contributed by atoms with E-state index in [1.165, 1.54) is 0 Å². The van der Waals surface area contributed by atoms with Crippen LogP contribution in [0.2, 0.25) is 0 Å². The van der Waals surface area contributed by atoms with E-state index in [2.05, 4.69) is 0 Å². The van der Waals surface area contributed by atoms with Crippen LogP contribution in [0.5, 0.6) is 0 Å². The fraction of sp³-hybridized carbons (Fsp3) is 0.875. The molecule has 0 bridgehead atoms. The van der Waals surface area contributed by atoms with Crippen molar-refractivity contribution in [1.29, 1.82) is 0 Å². The largest absolute Gasteiger partial charge is 0.309 e. The van der Waals surface area contributed by atoms with Gasteiger partial charge in [-0.05, 0) is 14.1 Å². The molecule has 0 saturated heterocycles. The molecule has 10 heavy (non-hydrogen) atoms. The van der Waals surface area contributed by atoms with Gasteiger partial charge in [-0.1, -0.05) is 13.8 Å². The molecule has 0 aliphatic rings. The van der Waals surface area contributed by atoms with Crippen molar-refractivity contribution in [2.75, 3.05) is 20.6 Å². The SMILES string of the molecule is CC(C)C(=O)CCN(C)C. The van der Waals surface area contributed by atoms with Gasteiger partial charge in [-0.3, -0.25) is 4.79 Å². The molecule has 60 valence electrons. The third-order valence-electron chi connectivity index (χ3n) is 1.45. The predicted molar refractivity (Wildman–Crippen MR) is 43.0 cm³/mol. The van der Waals surface area contributed by atoms with Gasteiger partial charge in [0.05, 0.1) is 0 Å².